The SMILES string of the molecule is C[S@@+]([O-])N[C@@](CF)(C[C@H](O)C(F)(F)F)c1nc(Br)ccc1F. The lowest BCUT2D eigenvalue weighted by molar-refractivity contribution is -0.210. The number of hydrogen-bond donors (Lipinski definition) is 2. The van der Waals surface area contributed by atoms with Gasteiger partial charge in [0.15, 0.2) is 6.10 Å². The second-order valence-corrected chi connectivity index (χ2v) is 6.42. The van der Waals surface area contributed by atoms with E-state index in [4.69, 9.17) is 0 Å². The number of nitrogens with zero attached hydrogens (tertiary/aromatic N) is 1. The Kier molecular flexibility index (Phi) is 6.57. The zero-order chi connectivity index (χ0) is 17.1. The van der Waals surface area contributed by atoms with Gasteiger partial charge >= 0.3 is 6.18 Å². The Hall–Kier alpha value is -0.490. The summed E-state index contributed by atoms with van der Waals surface area (Å²) in [6, 6.07) is 2.04. The van der Waals surface area contributed by atoms with Gasteiger partial charge in [-0.15, -0.1) is 4.72 Å². The van der Waals surface area contributed by atoms with E-state index in [0.717, 1.165) is 12.3 Å². The van der Waals surface area contributed by atoms with Gasteiger partial charge in [0.25, 0.3) is 0 Å². The number of rotatable bonds is 6. The molecule has 0 aliphatic carbocycles. The van der Waals surface area contributed by atoms with Crippen LogP contribution < -0.4 is 4.72 Å². The maximum absolute atomic E-state index is 13.9. The second kappa shape index (κ2) is 7.39. The highest BCUT2D eigenvalue weighted by molar-refractivity contribution is 9.10. The van der Waals surface area contributed by atoms with Crippen molar-refractivity contribution in [3.05, 3.63) is 28.2 Å². The molecule has 1 aromatic heterocycles. The molecule has 0 bridgehead atoms. The smallest absolute Gasteiger partial charge is 0.414 e. The molecule has 1 aromatic rings. The first-order valence-electron chi connectivity index (χ1n) is 5.76. The zero-order valence-corrected chi connectivity index (χ0v) is 13.5. The Morgan fingerprint density at radius 2 is 2.05 bits per heavy atom. The molecule has 0 fully saturated rings. The quantitative estimate of drug-likeness (QED) is 0.429. The van der Waals surface area contributed by atoms with Crippen LogP contribution in [0.15, 0.2) is 16.7 Å². The van der Waals surface area contributed by atoms with E-state index in [1.807, 2.05) is 4.72 Å². The topological polar surface area (TPSA) is 68.2 Å². The van der Waals surface area contributed by atoms with Crippen molar-refractivity contribution in [1.29, 1.82) is 0 Å². The van der Waals surface area contributed by atoms with Crippen LogP contribution in [0.1, 0.15) is 12.1 Å². The van der Waals surface area contributed by atoms with E-state index in [1.165, 1.54) is 6.07 Å². The van der Waals surface area contributed by atoms with Crippen molar-refractivity contribution in [2.24, 2.45) is 0 Å². The highest BCUT2D eigenvalue weighted by atomic mass is 79.9. The number of pyridine rings is 1. The van der Waals surface area contributed by atoms with Crippen LogP contribution in [-0.2, 0) is 16.9 Å². The van der Waals surface area contributed by atoms with Crippen LogP contribution in [0, 0.1) is 5.82 Å². The van der Waals surface area contributed by atoms with E-state index >= 15 is 0 Å². The molecule has 0 unspecified atom stereocenters. The number of hydrogen-bond acceptors (Lipinski definition) is 4. The molecule has 0 saturated carbocycles. The van der Waals surface area contributed by atoms with Gasteiger partial charge in [0, 0.05) is 17.8 Å². The Balaban J connectivity index is 3.35. The summed E-state index contributed by atoms with van der Waals surface area (Å²) in [5.74, 6) is -1.09. The summed E-state index contributed by atoms with van der Waals surface area (Å²) in [5.41, 5.74) is -3.09. The molecule has 126 valence electrons. The lowest BCUT2D eigenvalue weighted by atomic mass is 9.89. The average molecular weight is 411 g/mol. The average Bonchev–Trinajstić information content (AvgIpc) is 2.39. The van der Waals surface area contributed by atoms with Crippen molar-refractivity contribution in [2.75, 3.05) is 12.9 Å². The number of alkyl halides is 4. The molecule has 2 N–H and O–H groups in total. The van der Waals surface area contributed by atoms with Crippen LogP contribution in [0.2, 0.25) is 0 Å². The van der Waals surface area contributed by atoms with Crippen LogP contribution in [0.5, 0.6) is 0 Å². The second-order valence-electron chi connectivity index (χ2n) is 4.50. The molecular weight excluding hydrogens is 399 g/mol. The van der Waals surface area contributed by atoms with Gasteiger partial charge in [-0.1, -0.05) is 0 Å². The molecule has 22 heavy (non-hydrogen) atoms. The predicted octanol–water partition coefficient (Wildman–Crippen LogP) is 2.34. The first-order chi connectivity index (χ1) is 10.0. The van der Waals surface area contributed by atoms with Gasteiger partial charge in [0.05, 0.1) is 0 Å². The fourth-order valence-electron chi connectivity index (χ4n) is 1.81. The molecule has 0 amide bonds. The number of aliphatic hydroxyl groups is 1. The number of aliphatic hydroxyl groups excluding tert-OH is 1. The summed E-state index contributed by atoms with van der Waals surface area (Å²) < 4.78 is 78.5. The van der Waals surface area contributed by atoms with Crippen molar-refractivity contribution < 1.29 is 31.6 Å². The van der Waals surface area contributed by atoms with Crippen molar-refractivity contribution in [2.45, 2.75) is 24.2 Å². The van der Waals surface area contributed by atoms with Gasteiger partial charge < -0.3 is 9.66 Å². The van der Waals surface area contributed by atoms with Crippen LogP contribution in [0.4, 0.5) is 22.0 Å². The van der Waals surface area contributed by atoms with Crippen molar-refractivity contribution >= 4 is 27.3 Å². The van der Waals surface area contributed by atoms with Crippen LogP contribution >= 0.6 is 15.9 Å². The molecule has 1 heterocycles. The Labute approximate surface area is 134 Å². The maximum Gasteiger partial charge on any atom is 0.414 e. The van der Waals surface area contributed by atoms with Crippen LogP contribution in [0.3, 0.4) is 0 Å². The molecule has 0 aliphatic rings. The van der Waals surface area contributed by atoms with E-state index in [2.05, 4.69) is 20.9 Å². The molecule has 0 aromatic carbocycles. The van der Waals surface area contributed by atoms with Crippen molar-refractivity contribution in [1.82, 2.24) is 9.71 Å². The minimum atomic E-state index is -5.04. The van der Waals surface area contributed by atoms with E-state index < -0.39 is 53.8 Å². The van der Waals surface area contributed by atoms with Gasteiger partial charge in [-0.05, 0) is 28.1 Å². The van der Waals surface area contributed by atoms with Crippen LogP contribution in [0.25, 0.3) is 0 Å². The lowest BCUT2D eigenvalue weighted by Gasteiger charge is -2.33. The van der Waals surface area contributed by atoms with E-state index in [1.54, 1.807) is 0 Å². The minimum absolute atomic E-state index is 0.0481. The highest BCUT2D eigenvalue weighted by Crippen LogP contribution is 2.34. The monoisotopic (exact) mass is 410 g/mol. The number of nitrogens with one attached hydrogen (secondary N) is 1. The summed E-state index contributed by atoms with van der Waals surface area (Å²) in [5, 5.41) is 9.19. The van der Waals surface area contributed by atoms with E-state index in [0.29, 0.717) is 0 Å². The molecule has 0 spiro atoms. The first-order valence-corrected chi connectivity index (χ1v) is 8.11. The van der Waals surface area contributed by atoms with Gasteiger partial charge in [-0.25, -0.2) is 13.8 Å². The summed E-state index contributed by atoms with van der Waals surface area (Å²) in [6.45, 7) is -1.56. The van der Waals surface area contributed by atoms with Crippen LogP contribution in [-0.4, -0.2) is 39.9 Å². The Morgan fingerprint density at radius 1 is 1.45 bits per heavy atom. The van der Waals surface area contributed by atoms with E-state index in [-0.39, 0.29) is 4.60 Å². The molecular formula is C11H12BrF5N2O2S. The molecule has 0 saturated heterocycles. The highest BCUT2D eigenvalue weighted by Gasteiger charge is 2.49. The van der Waals surface area contributed by atoms with Gasteiger partial charge in [-0.3, -0.25) is 0 Å². The largest absolute Gasteiger partial charge is 0.598 e. The molecule has 0 aliphatic heterocycles. The van der Waals surface area contributed by atoms with E-state index in [9.17, 15) is 31.6 Å². The molecule has 0 radical (unpaired) electrons. The number of halogens is 6. The fraction of sp³-hybridized carbons (Fsp3) is 0.545. The third-order valence-electron chi connectivity index (χ3n) is 2.75. The summed E-state index contributed by atoms with van der Waals surface area (Å²) in [7, 11) is 0. The summed E-state index contributed by atoms with van der Waals surface area (Å²) in [6.07, 6.45) is -8.23. The van der Waals surface area contributed by atoms with Gasteiger partial charge in [0.1, 0.15) is 34.6 Å². The predicted molar refractivity (Wildman–Crippen MR) is 73.4 cm³/mol. The fourth-order valence-corrected chi connectivity index (χ4v) is 2.90. The summed E-state index contributed by atoms with van der Waals surface area (Å²) >= 11 is 0.917. The standard InChI is InChI=1S/C11H12BrF5N2O2S/c1-22(21)19-10(5-13,4-7(20)11(15,16)17)9-6(14)2-3-8(12)18-9/h2-3,7,19-20H,4-5H2,1H3/t7-,10+,22+/m0/s1. The third kappa shape index (κ3) is 4.75. The number of aromatic nitrogens is 1. The van der Waals surface area contributed by atoms with Gasteiger partial charge in [0.2, 0.25) is 0 Å². The molecule has 1 rings (SSSR count). The Bertz CT molecular complexity index is 520. The van der Waals surface area contributed by atoms with Crippen molar-refractivity contribution in [3.63, 3.8) is 0 Å². The first kappa shape index (κ1) is 19.6. The normalized spacial score (nSPS) is 17.9. The Morgan fingerprint density at radius 3 is 2.50 bits per heavy atom. The summed E-state index contributed by atoms with van der Waals surface area (Å²) in [4.78, 5) is 3.63. The zero-order valence-electron chi connectivity index (χ0n) is 11.1. The molecule has 3 atom stereocenters. The molecule has 4 nitrogen and oxygen atoms in total. The third-order valence-corrected chi connectivity index (χ3v) is 3.87. The van der Waals surface area contributed by atoms with Crippen molar-refractivity contribution in [3.8, 4) is 0 Å². The molecule has 11 heteroatoms. The minimum Gasteiger partial charge on any atom is -0.598 e. The maximum atomic E-state index is 13.9. The van der Waals surface area contributed by atoms with Gasteiger partial charge in [-0.2, -0.15) is 13.2 Å². The lowest BCUT2D eigenvalue weighted by Crippen LogP contribution is -2.52.